The molecule has 5 aliphatic rings. The van der Waals surface area contributed by atoms with Gasteiger partial charge in [-0.15, -0.1) is 0 Å². The van der Waals surface area contributed by atoms with E-state index < -0.39 is 11.1 Å². The van der Waals surface area contributed by atoms with Crippen molar-refractivity contribution in [3.63, 3.8) is 0 Å². The highest BCUT2D eigenvalue weighted by Gasteiger charge is 2.64. The first-order chi connectivity index (χ1) is 17.2. The topological polar surface area (TPSA) is 81.9 Å². The number of carbonyl (C=O) groups excluding carboxylic acids is 1. The summed E-state index contributed by atoms with van der Waals surface area (Å²) in [6, 6.07) is 6.21. The molecule has 7 heteroatoms. The van der Waals surface area contributed by atoms with Crippen LogP contribution in [-0.4, -0.2) is 41.7 Å². The molecule has 0 bridgehead atoms. The van der Waals surface area contributed by atoms with Crippen LogP contribution in [0.1, 0.15) is 65.2 Å². The molecule has 0 radical (unpaired) electrons. The van der Waals surface area contributed by atoms with Gasteiger partial charge in [-0.25, -0.2) is 4.79 Å². The van der Waals surface area contributed by atoms with Crippen LogP contribution >= 0.6 is 0 Å². The summed E-state index contributed by atoms with van der Waals surface area (Å²) >= 11 is 0. The van der Waals surface area contributed by atoms with Crippen molar-refractivity contribution in [3.05, 3.63) is 46.0 Å². The fraction of sp³-hybridized carbons (Fsp3) is 0.690. The Labute approximate surface area is 213 Å². The van der Waals surface area contributed by atoms with Crippen LogP contribution in [0.25, 0.3) is 0 Å². The van der Waals surface area contributed by atoms with Gasteiger partial charge in [-0.1, -0.05) is 18.6 Å². The Morgan fingerprint density at radius 2 is 1.83 bits per heavy atom. The number of fused-ring (bicyclic) bond motifs is 4. The molecule has 8 unspecified atom stereocenters. The zero-order valence-electron chi connectivity index (χ0n) is 21.7. The van der Waals surface area contributed by atoms with E-state index in [-0.39, 0.29) is 23.0 Å². The molecule has 194 valence electrons. The number of allylic oxidation sites excluding steroid dienone is 1. The zero-order valence-corrected chi connectivity index (χ0v) is 21.7. The summed E-state index contributed by atoms with van der Waals surface area (Å²) in [4.78, 5) is 25.4. The normalized spacial score (nSPS) is 41.4. The summed E-state index contributed by atoms with van der Waals surface area (Å²) in [6.45, 7) is 6.21. The average molecular weight is 495 g/mol. The Bertz CT molecular complexity index is 1090. The highest BCUT2D eigenvalue weighted by atomic mass is 16.7. The number of nitro groups is 1. The second kappa shape index (κ2) is 8.57. The SMILES string of the molecule is CC1C2CCC3C4CC=C5CC(OC(=O)Oc6ccc([N+](=O)[O-])cc6)CCC5(C)C4CCC32CN1C. The van der Waals surface area contributed by atoms with Gasteiger partial charge in [0, 0.05) is 31.1 Å². The lowest BCUT2D eigenvalue weighted by Crippen LogP contribution is -2.51. The summed E-state index contributed by atoms with van der Waals surface area (Å²) in [7, 11) is 2.33. The van der Waals surface area contributed by atoms with Gasteiger partial charge >= 0.3 is 6.16 Å². The minimum atomic E-state index is -0.733. The first-order valence-corrected chi connectivity index (χ1v) is 13.7. The number of likely N-dealkylation sites (tertiary alicyclic amines) is 1. The number of rotatable bonds is 3. The molecule has 36 heavy (non-hydrogen) atoms. The maximum Gasteiger partial charge on any atom is 0.514 e. The summed E-state index contributed by atoms with van der Waals surface area (Å²) in [5.41, 5.74) is 2.19. The maximum atomic E-state index is 12.4. The van der Waals surface area contributed by atoms with E-state index in [9.17, 15) is 14.9 Å². The Kier molecular flexibility index (Phi) is 5.71. The van der Waals surface area contributed by atoms with Gasteiger partial charge in [0.1, 0.15) is 11.9 Å². The Balaban J connectivity index is 1.12. The molecule has 7 nitrogen and oxygen atoms in total. The van der Waals surface area contributed by atoms with Crippen LogP contribution in [0.3, 0.4) is 0 Å². The quantitative estimate of drug-likeness (QED) is 0.160. The highest BCUT2D eigenvalue weighted by Crippen LogP contribution is 2.68. The van der Waals surface area contributed by atoms with Crippen LogP contribution in [0.4, 0.5) is 10.5 Å². The summed E-state index contributed by atoms with van der Waals surface area (Å²) in [6.07, 6.45) is 11.0. The first kappa shape index (κ1) is 24.0. The van der Waals surface area contributed by atoms with Gasteiger partial charge in [0.2, 0.25) is 0 Å². The molecule has 8 atom stereocenters. The number of nitrogens with zero attached hydrogens (tertiary/aromatic N) is 2. The molecule has 1 saturated heterocycles. The minimum Gasteiger partial charge on any atom is -0.430 e. The predicted molar refractivity (Wildman–Crippen MR) is 136 cm³/mol. The lowest BCUT2D eigenvalue weighted by atomic mass is 9.47. The van der Waals surface area contributed by atoms with E-state index in [1.165, 1.54) is 68.5 Å². The number of ether oxygens (including phenoxy) is 2. The largest absolute Gasteiger partial charge is 0.514 e. The summed E-state index contributed by atoms with van der Waals surface area (Å²) in [5.74, 6) is 3.51. The standard InChI is InChI=1S/C29H38N2O5/c1-18-24-10-11-26-23-9-4-19-16-22(36-27(32)35-21-7-5-20(6-8-21)31(33)34)12-14-28(19,2)25(23)13-15-29(24,26)17-30(18)3/h4-8,18,22-26H,9-17H2,1-3H3. The van der Waals surface area contributed by atoms with Gasteiger partial charge in [-0.2, -0.15) is 0 Å². The second-order valence-electron chi connectivity index (χ2n) is 12.5. The average Bonchev–Trinajstić information content (AvgIpc) is 3.33. The number of hydrogen-bond acceptors (Lipinski definition) is 6. The highest BCUT2D eigenvalue weighted by molar-refractivity contribution is 5.64. The van der Waals surface area contributed by atoms with E-state index in [1.54, 1.807) is 0 Å². The van der Waals surface area contributed by atoms with E-state index in [1.807, 2.05) is 0 Å². The second-order valence-corrected chi connectivity index (χ2v) is 12.5. The van der Waals surface area contributed by atoms with Crippen molar-refractivity contribution in [1.29, 1.82) is 0 Å². The van der Waals surface area contributed by atoms with Crippen LogP contribution < -0.4 is 4.74 Å². The fourth-order valence-electron chi connectivity index (χ4n) is 9.42. The zero-order chi connectivity index (χ0) is 25.2. The number of nitro benzene ring substituents is 1. The van der Waals surface area contributed by atoms with E-state index in [0.29, 0.717) is 5.41 Å². The molecule has 0 amide bonds. The van der Waals surface area contributed by atoms with Gasteiger partial charge in [-0.3, -0.25) is 10.1 Å². The van der Waals surface area contributed by atoms with Crippen LogP contribution in [0.5, 0.6) is 5.75 Å². The van der Waals surface area contributed by atoms with Gasteiger partial charge in [0.05, 0.1) is 4.92 Å². The van der Waals surface area contributed by atoms with E-state index in [0.717, 1.165) is 49.0 Å². The van der Waals surface area contributed by atoms with Gasteiger partial charge in [0.25, 0.3) is 5.69 Å². The number of non-ortho nitro benzene ring substituents is 1. The van der Waals surface area contributed by atoms with Crippen molar-refractivity contribution in [2.75, 3.05) is 13.6 Å². The third kappa shape index (κ3) is 3.60. The van der Waals surface area contributed by atoms with Crippen molar-refractivity contribution >= 4 is 11.8 Å². The number of benzene rings is 1. The molecular formula is C29H38N2O5. The smallest absolute Gasteiger partial charge is 0.430 e. The fourth-order valence-corrected chi connectivity index (χ4v) is 9.42. The third-order valence-electron chi connectivity index (χ3n) is 11.2. The molecule has 4 fully saturated rings. The van der Waals surface area contributed by atoms with Gasteiger partial charge < -0.3 is 14.4 Å². The third-order valence-corrected chi connectivity index (χ3v) is 11.2. The number of hydrogen-bond donors (Lipinski definition) is 0. The van der Waals surface area contributed by atoms with Crippen molar-refractivity contribution in [2.24, 2.45) is 34.5 Å². The van der Waals surface area contributed by atoms with Crippen LogP contribution in [0, 0.1) is 44.6 Å². The summed E-state index contributed by atoms with van der Waals surface area (Å²) < 4.78 is 11.0. The molecule has 3 saturated carbocycles. The molecule has 0 aromatic heterocycles. The molecule has 4 aliphatic carbocycles. The van der Waals surface area contributed by atoms with Crippen molar-refractivity contribution < 1.29 is 19.2 Å². The molecule has 1 aliphatic heterocycles. The minimum absolute atomic E-state index is 0.0407. The molecule has 1 spiro atoms. The maximum absolute atomic E-state index is 12.4. The van der Waals surface area contributed by atoms with Crippen molar-refractivity contribution in [2.45, 2.75) is 77.4 Å². The molecule has 0 N–H and O–H groups in total. The Morgan fingerprint density at radius 1 is 1.08 bits per heavy atom. The molecule has 6 rings (SSSR count). The van der Waals surface area contributed by atoms with E-state index in [4.69, 9.17) is 9.47 Å². The van der Waals surface area contributed by atoms with Crippen LogP contribution in [-0.2, 0) is 4.74 Å². The summed E-state index contributed by atoms with van der Waals surface area (Å²) in [5, 5.41) is 10.8. The Hall–Kier alpha value is -2.41. The monoisotopic (exact) mass is 494 g/mol. The number of carbonyl (C=O) groups is 1. The molecular weight excluding hydrogens is 456 g/mol. The van der Waals surface area contributed by atoms with Gasteiger partial charge in [0.15, 0.2) is 0 Å². The molecule has 1 aromatic rings. The van der Waals surface area contributed by atoms with Gasteiger partial charge in [-0.05, 0) is 106 Å². The lowest BCUT2D eigenvalue weighted by molar-refractivity contribution is -0.384. The van der Waals surface area contributed by atoms with Crippen LogP contribution in [0.15, 0.2) is 35.9 Å². The lowest BCUT2D eigenvalue weighted by Gasteiger charge is -2.58. The van der Waals surface area contributed by atoms with Crippen molar-refractivity contribution in [3.8, 4) is 5.75 Å². The molecule has 1 aromatic carbocycles. The molecule has 1 heterocycles. The van der Waals surface area contributed by atoms with Crippen LogP contribution in [0.2, 0.25) is 0 Å². The van der Waals surface area contributed by atoms with E-state index in [2.05, 4.69) is 31.9 Å². The Morgan fingerprint density at radius 3 is 2.58 bits per heavy atom. The first-order valence-electron chi connectivity index (χ1n) is 13.7. The van der Waals surface area contributed by atoms with E-state index >= 15 is 0 Å². The predicted octanol–water partition coefficient (Wildman–Crippen LogP) is 6.37. The van der Waals surface area contributed by atoms with Crippen molar-refractivity contribution in [1.82, 2.24) is 4.90 Å².